The van der Waals surface area contributed by atoms with Crippen molar-refractivity contribution in [2.24, 2.45) is 0 Å². The number of nitro groups is 1. The molecule has 0 aliphatic heterocycles. The Kier molecular flexibility index (Phi) is 7.98. The first kappa shape index (κ1) is 21.7. The van der Waals surface area contributed by atoms with Crippen molar-refractivity contribution in [3.05, 3.63) is 34.4 Å². The van der Waals surface area contributed by atoms with E-state index < -0.39 is 28.7 Å². The van der Waals surface area contributed by atoms with Gasteiger partial charge in [-0.1, -0.05) is 0 Å². The highest BCUT2D eigenvalue weighted by Gasteiger charge is 2.16. The largest absolute Gasteiger partial charge is 0.513 e. The molecule has 0 bridgehead atoms. The maximum Gasteiger partial charge on any atom is 0.513 e. The van der Waals surface area contributed by atoms with Crippen LogP contribution in [0.5, 0.6) is 5.75 Å². The topological polar surface area (TPSA) is 146 Å². The van der Waals surface area contributed by atoms with Crippen LogP contribution in [0.25, 0.3) is 0 Å². The molecule has 0 radical (unpaired) electrons. The molecule has 0 spiro atoms. The van der Waals surface area contributed by atoms with Crippen LogP contribution in [0.2, 0.25) is 0 Å². The van der Waals surface area contributed by atoms with Gasteiger partial charge in [0.05, 0.1) is 18.0 Å². The van der Waals surface area contributed by atoms with Gasteiger partial charge in [-0.2, -0.15) is 0 Å². The van der Waals surface area contributed by atoms with Crippen molar-refractivity contribution in [2.45, 2.75) is 26.4 Å². The molecular weight excluding hydrogens is 362 g/mol. The number of hydrogen-bond acceptors (Lipinski definition) is 8. The third kappa shape index (κ3) is 9.63. The molecule has 2 amide bonds. The Labute approximate surface area is 155 Å². The standard InChI is InChI=1S/C16H21N3O8/c1-16(2,3)27-14(21)18-10-13(20)17-8-9-25-15(22)26-12-6-4-11(5-7-12)19(23)24/h4-7H,8-10H2,1-3H3,(H,17,20)(H,18,21). The first-order valence-corrected chi connectivity index (χ1v) is 7.89. The van der Waals surface area contributed by atoms with Crippen molar-refractivity contribution >= 4 is 23.8 Å². The van der Waals surface area contributed by atoms with Crippen LogP contribution in [0.4, 0.5) is 15.3 Å². The van der Waals surface area contributed by atoms with E-state index in [4.69, 9.17) is 14.2 Å². The van der Waals surface area contributed by atoms with Crippen molar-refractivity contribution in [1.82, 2.24) is 10.6 Å². The molecule has 148 valence electrons. The van der Waals surface area contributed by atoms with Gasteiger partial charge in [-0.15, -0.1) is 0 Å². The van der Waals surface area contributed by atoms with Crippen molar-refractivity contribution < 1.29 is 33.5 Å². The number of rotatable bonds is 7. The number of carbonyl (C=O) groups is 3. The molecule has 0 atom stereocenters. The van der Waals surface area contributed by atoms with Crippen molar-refractivity contribution in [3.63, 3.8) is 0 Å². The molecule has 0 saturated heterocycles. The quantitative estimate of drug-likeness (QED) is 0.238. The lowest BCUT2D eigenvalue weighted by Crippen LogP contribution is -2.40. The van der Waals surface area contributed by atoms with E-state index in [1.165, 1.54) is 24.3 Å². The normalized spacial score (nSPS) is 10.5. The van der Waals surface area contributed by atoms with Crippen LogP contribution in [0.3, 0.4) is 0 Å². The summed E-state index contributed by atoms with van der Waals surface area (Å²) >= 11 is 0. The molecule has 0 aliphatic rings. The van der Waals surface area contributed by atoms with Gasteiger partial charge in [0.15, 0.2) is 0 Å². The third-order valence-electron chi connectivity index (χ3n) is 2.69. The SMILES string of the molecule is CC(C)(C)OC(=O)NCC(=O)NCCOC(=O)Oc1ccc([N+](=O)[O-])cc1. The first-order valence-electron chi connectivity index (χ1n) is 7.89. The van der Waals surface area contributed by atoms with E-state index >= 15 is 0 Å². The predicted octanol–water partition coefficient (Wildman–Crippen LogP) is 1.75. The Bertz CT molecular complexity index is 682. The van der Waals surface area contributed by atoms with E-state index in [0.29, 0.717) is 0 Å². The lowest BCUT2D eigenvalue weighted by Gasteiger charge is -2.19. The second-order valence-corrected chi connectivity index (χ2v) is 6.16. The van der Waals surface area contributed by atoms with Crippen LogP contribution >= 0.6 is 0 Å². The summed E-state index contributed by atoms with van der Waals surface area (Å²) in [6, 6.07) is 4.87. The van der Waals surface area contributed by atoms with Gasteiger partial charge in [-0.25, -0.2) is 9.59 Å². The lowest BCUT2D eigenvalue weighted by molar-refractivity contribution is -0.384. The number of nitrogens with one attached hydrogen (secondary N) is 2. The Morgan fingerprint density at radius 3 is 2.30 bits per heavy atom. The van der Waals surface area contributed by atoms with E-state index in [1.54, 1.807) is 20.8 Å². The summed E-state index contributed by atoms with van der Waals surface area (Å²) in [6.07, 6.45) is -1.74. The van der Waals surface area contributed by atoms with Gasteiger partial charge in [-0.05, 0) is 32.9 Å². The highest BCUT2D eigenvalue weighted by atomic mass is 16.7. The Balaban J connectivity index is 2.19. The van der Waals surface area contributed by atoms with Crippen molar-refractivity contribution in [2.75, 3.05) is 19.7 Å². The number of alkyl carbamates (subject to hydrolysis) is 1. The summed E-state index contributed by atoms with van der Waals surface area (Å²) in [4.78, 5) is 44.3. The number of hydrogen-bond donors (Lipinski definition) is 2. The summed E-state index contributed by atoms with van der Waals surface area (Å²) in [5.41, 5.74) is -0.809. The van der Waals surface area contributed by atoms with Gasteiger partial charge in [0.25, 0.3) is 5.69 Å². The minimum Gasteiger partial charge on any atom is -0.444 e. The fourth-order valence-electron chi connectivity index (χ4n) is 1.62. The van der Waals surface area contributed by atoms with Gasteiger partial charge < -0.3 is 24.8 Å². The second-order valence-electron chi connectivity index (χ2n) is 6.16. The zero-order valence-electron chi connectivity index (χ0n) is 15.1. The minimum absolute atomic E-state index is 0.00416. The van der Waals surface area contributed by atoms with Gasteiger partial charge >= 0.3 is 12.2 Å². The van der Waals surface area contributed by atoms with Crippen LogP contribution in [-0.2, 0) is 14.3 Å². The Morgan fingerprint density at radius 2 is 1.74 bits per heavy atom. The van der Waals surface area contributed by atoms with Crippen LogP contribution in [0.15, 0.2) is 24.3 Å². The smallest absolute Gasteiger partial charge is 0.444 e. The van der Waals surface area contributed by atoms with Crippen molar-refractivity contribution in [1.29, 1.82) is 0 Å². The van der Waals surface area contributed by atoms with E-state index in [9.17, 15) is 24.5 Å². The second kappa shape index (κ2) is 9.94. The third-order valence-corrected chi connectivity index (χ3v) is 2.69. The van der Waals surface area contributed by atoms with Gasteiger partial charge in [0.2, 0.25) is 5.91 Å². The average molecular weight is 383 g/mol. The van der Waals surface area contributed by atoms with E-state index in [2.05, 4.69) is 10.6 Å². The van der Waals surface area contributed by atoms with Crippen LogP contribution < -0.4 is 15.4 Å². The van der Waals surface area contributed by atoms with E-state index in [0.717, 1.165) is 0 Å². The summed E-state index contributed by atoms with van der Waals surface area (Å²) in [5.74, 6) is -0.413. The summed E-state index contributed by atoms with van der Waals surface area (Å²) in [5, 5.41) is 15.2. The van der Waals surface area contributed by atoms with Gasteiger partial charge in [-0.3, -0.25) is 14.9 Å². The zero-order chi connectivity index (χ0) is 20.4. The molecule has 0 aliphatic carbocycles. The highest BCUT2D eigenvalue weighted by Crippen LogP contribution is 2.17. The lowest BCUT2D eigenvalue weighted by atomic mass is 10.2. The highest BCUT2D eigenvalue weighted by molar-refractivity contribution is 5.82. The number of amides is 2. The molecular formula is C16H21N3O8. The number of non-ortho nitro benzene ring substituents is 1. The molecule has 2 N–H and O–H groups in total. The van der Waals surface area contributed by atoms with Gasteiger partial charge in [0, 0.05) is 12.1 Å². The Morgan fingerprint density at radius 1 is 1.11 bits per heavy atom. The maximum absolute atomic E-state index is 11.5. The van der Waals surface area contributed by atoms with Crippen LogP contribution in [0.1, 0.15) is 20.8 Å². The minimum atomic E-state index is -1.02. The molecule has 11 heteroatoms. The first-order chi connectivity index (χ1) is 12.6. The number of nitrogens with zero attached hydrogens (tertiary/aromatic N) is 1. The number of nitro benzene ring substituents is 1. The molecule has 0 unspecified atom stereocenters. The van der Waals surface area contributed by atoms with Gasteiger partial charge in [0.1, 0.15) is 18.0 Å². The van der Waals surface area contributed by atoms with Crippen molar-refractivity contribution in [3.8, 4) is 5.75 Å². The fraction of sp³-hybridized carbons (Fsp3) is 0.438. The average Bonchev–Trinajstić information content (AvgIpc) is 2.56. The summed E-state index contributed by atoms with van der Waals surface area (Å²) in [6.45, 7) is 4.63. The number of ether oxygens (including phenoxy) is 3. The molecule has 1 rings (SSSR count). The molecule has 27 heavy (non-hydrogen) atoms. The summed E-state index contributed by atoms with van der Waals surface area (Å²) < 4.78 is 14.5. The predicted molar refractivity (Wildman–Crippen MR) is 92.3 cm³/mol. The molecule has 0 heterocycles. The molecule has 11 nitrogen and oxygen atoms in total. The van der Waals surface area contributed by atoms with E-state index in [1.807, 2.05) is 0 Å². The van der Waals surface area contributed by atoms with Crippen LogP contribution in [-0.4, -0.2) is 48.4 Å². The number of carbonyl (C=O) groups excluding carboxylic acids is 3. The van der Waals surface area contributed by atoms with E-state index in [-0.39, 0.29) is 31.1 Å². The molecule has 0 saturated carbocycles. The maximum atomic E-state index is 11.5. The zero-order valence-corrected chi connectivity index (χ0v) is 15.1. The van der Waals surface area contributed by atoms with Crippen LogP contribution in [0, 0.1) is 10.1 Å². The number of benzene rings is 1. The monoisotopic (exact) mass is 383 g/mol. The molecule has 1 aromatic carbocycles. The fourth-order valence-corrected chi connectivity index (χ4v) is 1.62. The molecule has 0 fully saturated rings. The Hall–Kier alpha value is -3.37. The summed E-state index contributed by atoms with van der Waals surface area (Å²) in [7, 11) is 0. The molecule has 0 aromatic heterocycles. The molecule has 1 aromatic rings.